The Kier molecular flexibility index (Phi) is 5.93. The van der Waals surface area contributed by atoms with Gasteiger partial charge < -0.3 is 10.1 Å². The number of nitrogens with one attached hydrogen (secondary N) is 1. The van der Waals surface area contributed by atoms with E-state index < -0.39 is 15.6 Å². The van der Waals surface area contributed by atoms with E-state index in [4.69, 9.17) is 4.74 Å². The summed E-state index contributed by atoms with van der Waals surface area (Å²) in [6.45, 7) is 7.25. The topological polar surface area (TPSA) is 75.7 Å². The van der Waals surface area contributed by atoms with Gasteiger partial charge in [-0.2, -0.15) is 4.31 Å². The van der Waals surface area contributed by atoms with Crippen molar-refractivity contribution >= 4 is 26.7 Å². The van der Waals surface area contributed by atoms with Crippen LogP contribution in [0.5, 0.6) is 5.75 Å². The predicted molar refractivity (Wildman–Crippen MR) is 103 cm³/mol. The number of rotatable bonds is 6. The van der Waals surface area contributed by atoms with Crippen LogP contribution in [0.4, 0.5) is 0 Å². The molecule has 2 rings (SSSR count). The van der Waals surface area contributed by atoms with Crippen LogP contribution in [0.2, 0.25) is 0 Å². The molecule has 0 atom stereocenters. The molecule has 0 bridgehead atoms. The van der Waals surface area contributed by atoms with Crippen molar-refractivity contribution < 1.29 is 17.9 Å². The van der Waals surface area contributed by atoms with Crippen LogP contribution in [0.15, 0.2) is 41.3 Å². The van der Waals surface area contributed by atoms with Gasteiger partial charge in [-0.05, 0) is 32.9 Å². The summed E-state index contributed by atoms with van der Waals surface area (Å²) in [4.78, 5) is 12.4. The van der Waals surface area contributed by atoms with Gasteiger partial charge in [0.05, 0.1) is 18.6 Å². The summed E-state index contributed by atoms with van der Waals surface area (Å²) < 4.78 is 32.9. The van der Waals surface area contributed by atoms with Gasteiger partial charge in [-0.3, -0.25) is 4.79 Å². The van der Waals surface area contributed by atoms with E-state index in [0.717, 1.165) is 0 Å². The Morgan fingerprint density at radius 2 is 1.73 bits per heavy atom. The zero-order chi connectivity index (χ0) is 19.5. The molecule has 0 unspecified atom stereocenters. The van der Waals surface area contributed by atoms with Gasteiger partial charge >= 0.3 is 0 Å². The van der Waals surface area contributed by atoms with E-state index in [-0.39, 0.29) is 23.9 Å². The summed E-state index contributed by atoms with van der Waals surface area (Å²) >= 11 is 0. The maximum absolute atomic E-state index is 13.2. The van der Waals surface area contributed by atoms with E-state index in [0.29, 0.717) is 16.5 Å². The normalized spacial score (nSPS) is 12.4. The molecule has 0 spiro atoms. The summed E-state index contributed by atoms with van der Waals surface area (Å²) in [5.74, 6) is 0.272. The number of fused-ring (bicyclic) bond motifs is 1. The van der Waals surface area contributed by atoms with Crippen LogP contribution in [-0.2, 0) is 14.8 Å². The Balaban J connectivity index is 2.45. The predicted octanol–water partition coefficient (Wildman–Crippen LogP) is 2.77. The number of nitrogens with zero attached hydrogens (tertiary/aromatic N) is 1. The first kappa shape index (κ1) is 20.2. The molecule has 7 heteroatoms. The van der Waals surface area contributed by atoms with E-state index >= 15 is 0 Å². The highest BCUT2D eigenvalue weighted by Gasteiger charge is 2.28. The maximum atomic E-state index is 13.2. The minimum atomic E-state index is -3.84. The number of sulfonamides is 1. The Labute approximate surface area is 155 Å². The van der Waals surface area contributed by atoms with E-state index in [9.17, 15) is 13.2 Å². The third-order valence-corrected chi connectivity index (χ3v) is 5.85. The first-order valence-corrected chi connectivity index (χ1v) is 9.91. The average Bonchev–Trinajstić information content (AvgIpc) is 2.56. The van der Waals surface area contributed by atoms with Crippen LogP contribution < -0.4 is 10.1 Å². The van der Waals surface area contributed by atoms with Crippen LogP contribution in [0, 0.1) is 0 Å². The van der Waals surface area contributed by atoms with Crippen LogP contribution >= 0.6 is 0 Å². The molecular weight excluding hydrogens is 352 g/mol. The highest BCUT2D eigenvalue weighted by Crippen LogP contribution is 2.32. The van der Waals surface area contributed by atoms with Gasteiger partial charge in [-0.25, -0.2) is 8.42 Å². The van der Waals surface area contributed by atoms with Crippen molar-refractivity contribution in [2.45, 2.75) is 38.1 Å². The molecule has 0 aliphatic heterocycles. The number of hydrogen-bond acceptors (Lipinski definition) is 4. The van der Waals surface area contributed by atoms with Crippen molar-refractivity contribution in [1.82, 2.24) is 9.62 Å². The number of ether oxygens (including phenoxy) is 1. The quantitative estimate of drug-likeness (QED) is 0.839. The van der Waals surface area contributed by atoms with Gasteiger partial charge in [0.15, 0.2) is 0 Å². The molecule has 0 heterocycles. The van der Waals surface area contributed by atoms with Crippen molar-refractivity contribution in [2.24, 2.45) is 0 Å². The maximum Gasteiger partial charge on any atom is 0.244 e. The average molecular weight is 378 g/mol. The number of carbonyl (C=O) groups is 1. The second-order valence-corrected chi connectivity index (χ2v) is 8.95. The van der Waals surface area contributed by atoms with Crippen molar-refractivity contribution in [3.63, 3.8) is 0 Å². The van der Waals surface area contributed by atoms with E-state index in [1.165, 1.54) is 10.4 Å². The first-order valence-electron chi connectivity index (χ1n) is 8.47. The van der Waals surface area contributed by atoms with Gasteiger partial charge in [0.1, 0.15) is 5.75 Å². The smallest absolute Gasteiger partial charge is 0.244 e. The minimum Gasteiger partial charge on any atom is -0.496 e. The monoisotopic (exact) mass is 378 g/mol. The summed E-state index contributed by atoms with van der Waals surface area (Å²) in [7, 11) is -2.29. The third kappa shape index (κ3) is 4.34. The lowest BCUT2D eigenvalue weighted by Gasteiger charge is -2.25. The fourth-order valence-electron chi connectivity index (χ4n) is 2.77. The Hall–Kier alpha value is -2.12. The fourth-order valence-corrected chi connectivity index (χ4v) is 4.37. The molecule has 0 radical (unpaired) electrons. The molecule has 0 aromatic heterocycles. The largest absolute Gasteiger partial charge is 0.496 e. The Morgan fingerprint density at radius 1 is 1.12 bits per heavy atom. The van der Waals surface area contributed by atoms with E-state index in [1.807, 2.05) is 32.9 Å². The molecule has 2 aromatic carbocycles. The summed E-state index contributed by atoms with van der Waals surface area (Å²) in [5, 5.41) is 4.08. The number of hydrogen-bond donors (Lipinski definition) is 1. The van der Waals surface area contributed by atoms with Gasteiger partial charge in [-0.15, -0.1) is 0 Å². The molecule has 0 aliphatic carbocycles. The van der Waals surface area contributed by atoms with Crippen LogP contribution in [-0.4, -0.2) is 44.4 Å². The van der Waals surface area contributed by atoms with E-state index in [1.54, 1.807) is 32.2 Å². The molecule has 2 aromatic rings. The number of methoxy groups -OCH3 is 1. The molecule has 0 saturated heterocycles. The van der Waals surface area contributed by atoms with Crippen molar-refractivity contribution in [2.75, 3.05) is 20.2 Å². The molecule has 0 aliphatic rings. The van der Waals surface area contributed by atoms with Crippen LogP contribution in [0.1, 0.15) is 27.7 Å². The van der Waals surface area contributed by atoms with Gasteiger partial charge in [-0.1, -0.05) is 31.2 Å². The summed E-state index contributed by atoms with van der Waals surface area (Å²) in [5.41, 5.74) is -0.424. The van der Waals surface area contributed by atoms with Crippen molar-refractivity contribution in [1.29, 1.82) is 0 Å². The molecule has 142 valence electrons. The SMILES string of the molecule is CCN(CC(=O)NC(C)(C)C)S(=O)(=O)c1ccc(OC)c2ccccc12. The molecule has 26 heavy (non-hydrogen) atoms. The highest BCUT2D eigenvalue weighted by atomic mass is 32.2. The molecule has 0 fully saturated rings. The van der Waals surface area contributed by atoms with Crippen LogP contribution in [0.25, 0.3) is 10.8 Å². The zero-order valence-corrected chi connectivity index (χ0v) is 16.7. The molecular formula is C19H26N2O4S. The molecule has 1 N–H and O–H groups in total. The second-order valence-electron chi connectivity index (χ2n) is 7.04. The van der Waals surface area contributed by atoms with Gasteiger partial charge in [0.2, 0.25) is 15.9 Å². The van der Waals surface area contributed by atoms with Crippen molar-refractivity contribution in [3.05, 3.63) is 36.4 Å². The third-order valence-electron chi connectivity index (χ3n) is 3.87. The number of carbonyl (C=O) groups excluding carboxylic acids is 1. The fraction of sp³-hybridized carbons (Fsp3) is 0.421. The number of amides is 1. The Bertz CT molecular complexity index is 901. The van der Waals surface area contributed by atoms with E-state index in [2.05, 4.69) is 5.32 Å². The van der Waals surface area contributed by atoms with Crippen molar-refractivity contribution in [3.8, 4) is 5.75 Å². The second kappa shape index (κ2) is 7.63. The zero-order valence-electron chi connectivity index (χ0n) is 15.9. The minimum absolute atomic E-state index is 0.166. The lowest BCUT2D eigenvalue weighted by Crippen LogP contribution is -2.47. The van der Waals surface area contributed by atoms with Gasteiger partial charge in [0.25, 0.3) is 0 Å². The lowest BCUT2D eigenvalue weighted by molar-refractivity contribution is -0.122. The summed E-state index contributed by atoms with van der Waals surface area (Å²) in [6.07, 6.45) is 0. The molecule has 0 saturated carbocycles. The Morgan fingerprint density at radius 3 is 2.27 bits per heavy atom. The molecule has 1 amide bonds. The van der Waals surface area contributed by atoms with Gasteiger partial charge in [0, 0.05) is 22.9 Å². The number of benzene rings is 2. The lowest BCUT2D eigenvalue weighted by atomic mass is 10.1. The highest BCUT2D eigenvalue weighted by molar-refractivity contribution is 7.89. The standard InChI is InChI=1S/C19H26N2O4S/c1-6-21(13-18(22)20-19(2,3)4)26(23,24)17-12-11-16(25-5)14-9-7-8-10-15(14)17/h7-12H,6,13H2,1-5H3,(H,20,22). The molecule has 6 nitrogen and oxygen atoms in total. The summed E-state index contributed by atoms with van der Waals surface area (Å²) in [6, 6.07) is 10.3. The number of likely N-dealkylation sites (N-methyl/N-ethyl adjacent to an activating group) is 1. The van der Waals surface area contributed by atoms with Crippen LogP contribution in [0.3, 0.4) is 0 Å². The first-order chi connectivity index (χ1) is 12.1.